The number of rotatable bonds is 1. The molecule has 10 heavy (non-hydrogen) atoms. The van der Waals surface area contributed by atoms with Crippen molar-refractivity contribution in [2.75, 3.05) is 7.11 Å². The fraction of sp³-hybridized carbons (Fsp3) is 0.333. The molecule has 1 aromatic heterocycles. The number of nitrogens with zero attached hydrogens (tertiary/aromatic N) is 2. The van der Waals surface area contributed by atoms with Gasteiger partial charge in [-0.05, 0) is 6.92 Å². The smallest absolute Gasteiger partial charge is 0.155 e. The minimum absolute atomic E-state index is 0.349. The third-order valence-electron chi connectivity index (χ3n) is 1.12. The highest BCUT2D eigenvalue weighted by atomic mass is 35.5. The number of aromatic nitrogens is 2. The quantitative estimate of drug-likeness (QED) is 0.621. The predicted octanol–water partition coefficient (Wildman–Crippen LogP) is 1.45. The van der Waals surface area contributed by atoms with Crippen LogP contribution >= 0.6 is 11.6 Å². The SMILES string of the molecule is COc1cc(Cl)nnc1C. The normalized spacial score (nSPS) is 9.50. The van der Waals surface area contributed by atoms with E-state index in [1.807, 2.05) is 6.92 Å². The van der Waals surface area contributed by atoms with E-state index in [9.17, 15) is 0 Å². The number of aryl methyl sites for hydroxylation is 1. The first kappa shape index (κ1) is 7.28. The minimum atomic E-state index is 0.349. The van der Waals surface area contributed by atoms with E-state index in [0.29, 0.717) is 10.9 Å². The summed E-state index contributed by atoms with van der Waals surface area (Å²) < 4.78 is 4.94. The van der Waals surface area contributed by atoms with Gasteiger partial charge >= 0.3 is 0 Å². The highest BCUT2D eigenvalue weighted by molar-refractivity contribution is 6.29. The van der Waals surface area contributed by atoms with Gasteiger partial charge in [0.1, 0.15) is 11.4 Å². The van der Waals surface area contributed by atoms with Crippen molar-refractivity contribution >= 4 is 11.6 Å². The third kappa shape index (κ3) is 1.36. The summed E-state index contributed by atoms with van der Waals surface area (Å²) in [5, 5.41) is 7.71. The molecule has 0 aliphatic rings. The number of halogens is 1. The van der Waals surface area contributed by atoms with Crippen LogP contribution in [0.3, 0.4) is 0 Å². The summed E-state index contributed by atoms with van der Waals surface area (Å²) in [7, 11) is 1.57. The maximum Gasteiger partial charge on any atom is 0.155 e. The van der Waals surface area contributed by atoms with E-state index in [2.05, 4.69) is 10.2 Å². The Morgan fingerprint density at radius 2 is 2.20 bits per heavy atom. The zero-order valence-electron chi connectivity index (χ0n) is 5.76. The van der Waals surface area contributed by atoms with Gasteiger partial charge in [0.15, 0.2) is 5.15 Å². The molecule has 0 aliphatic heterocycles. The zero-order valence-corrected chi connectivity index (χ0v) is 6.51. The van der Waals surface area contributed by atoms with Gasteiger partial charge in [0.25, 0.3) is 0 Å². The molecule has 0 unspecified atom stereocenters. The summed E-state index contributed by atoms with van der Waals surface area (Å²) in [6, 6.07) is 1.63. The first-order valence-electron chi connectivity index (χ1n) is 2.78. The molecule has 4 heteroatoms. The van der Waals surface area contributed by atoms with Crippen molar-refractivity contribution in [3.63, 3.8) is 0 Å². The second-order valence-corrected chi connectivity index (χ2v) is 2.21. The molecule has 0 spiro atoms. The van der Waals surface area contributed by atoms with Gasteiger partial charge in [-0.3, -0.25) is 0 Å². The van der Waals surface area contributed by atoms with Crippen LogP contribution in [0.5, 0.6) is 5.75 Å². The molecule has 0 amide bonds. The van der Waals surface area contributed by atoms with Crippen LogP contribution in [0.25, 0.3) is 0 Å². The van der Waals surface area contributed by atoms with Crippen molar-refractivity contribution in [1.29, 1.82) is 0 Å². The van der Waals surface area contributed by atoms with Gasteiger partial charge in [-0.25, -0.2) is 0 Å². The van der Waals surface area contributed by atoms with Gasteiger partial charge in [-0.2, -0.15) is 5.10 Å². The highest BCUT2D eigenvalue weighted by Gasteiger charge is 1.99. The van der Waals surface area contributed by atoms with Crippen LogP contribution in [0.4, 0.5) is 0 Å². The zero-order chi connectivity index (χ0) is 7.56. The molecule has 0 aliphatic carbocycles. The lowest BCUT2D eigenvalue weighted by Crippen LogP contribution is -1.92. The van der Waals surface area contributed by atoms with Gasteiger partial charge in [0.05, 0.1) is 7.11 Å². The van der Waals surface area contributed by atoms with Crippen LogP contribution in [-0.2, 0) is 0 Å². The molecule has 0 radical (unpaired) electrons. The average molecular weight is 159 g/mol. The average Bonchev–Trinajstić information content (AvgIpc) is 1.94. The molecule has 0 bridgehead atoms. The van der Waals surface area contributed by atoms with Crippen LogP contribution < -0.4 is 4.74 Å². The summed E-state index contributed by atoms with van der Waals surface area (Å²) in [5.74, 6) is 0.667. The highest BCUT2D eigenvalue weighted by Crippen LogP contribution is 2.16. The van der Waals surface area contributed by atoms with Crippen LogP contribution in [0.1, 0.15) is 5.69 Å². The topological polar surface area (TPSA) is 35.0 Å². The van der Waals surface area contributed by atoms with Crippen molar-refractivity contribution in [3.05, 3.63) is 16.9 Å². The van der Waals surface area contributed by atoms with Gasteiger partial charge in [-0.15, -0.1) is 5.10 Å². The largest absolute Gasteiger partial charge is 0.495 e. The van der Waals surface area contributed by atoms with Crippen molar-refractivity contribution in [2.45, 2.75) is 6.92 Å². The van der Waals surface area contributed by atoms with Crippen molar-refractivity contribution < 1.29 is 4.74 Å². The lowest BCUT2D eigenvalue weighted by atomic mass is 10.4. The maximum atomic E-state index is 5.54. The number of ether oxygens (including phenoxy) is 1. The number of hydrogen-bond donors (Lipinski definition) is 0. The van der Waals surface area contributed by atoms with Gasteiger partial charge in [-0.1, -0.05) is 11.6 Å². The van der Waals surface area contributed by atoms with E-state index in [4.69, 9.17) is 16.3 Å². The molecule has 0 fully saturated rings. The molecular formula is C6H7ClN2O. The predicted molar refractivity (Wildman–Crippen MR) is 38.3 cm³/mol. The standard InChI is InChI=1S/C6H7ClN2O/c1-4-5(10-2)3-6(7)9-8-4/h3H,1-2H3. The Morgan fingerprint density at radius 1 is 1.50 bits per heavy atom. The number of hydrogen-bond acceptors (Lipinski definition) is 3. The summed E-state index contributed by atoms with van der Waals surface area (Å²) in [4.78, 5) is 0. The van der Waals surface area contributed by atoms with Crippen LogP contribution in [0, 0.1) is 6.92 Å². The van der Waals surface area contributed by atoms with Crippen molar-refractivity contribution in [1.82, 2.24) is 10.2 Å². The molecule has 0 atom stereocenters. The lowest BCUT2D eigenvalue weighted by Gasteiger charge is -2.00. The van der Waals surface area contributed by atoms with E-state index in [-0.39, 0.29) is 0 Å². The van der Waals surface area contributed by atoms with Crippen LogP contribution in [0.2, 0.25) is 5.15 Å². The Kier molecular flexibility index (Phi) is 2.06. The monoisotopic (exact) mass is 158 g/mol. The minimum Gasteiger partial charge on any atom is -0.495 e. The van der Waals surface area contributed by atoms with Crippen LogP contribution in [0.15, 0.2) is 6.07 Å². The van der Waals surface area contributed by atoms with Crippen LogP contribution in [-0.4, -0.2) is 17.3 Å². The Balaban J connectivity index is 3.09. The fourth-order valence-electron chi connectivity index (χ4n) is 0.620. The van der Waals surface area contributed by atoms with Gasteiger partial charge < -0.3 is 4.74 Å². The molecule has 0 aromatic carbocycles. The summed E-state index contributed by atoms with van der Waals surface area (Å²) in [5.41, 5.74) is 0.743. The van der Waals surface area contributed by atoms with E-state index in [1.165, 1.54) is 0 Å². The van der Waals surface area contributed by atoms with E-state index < -0.39 is 0 Å². The lowest BCUT2D eigenvalue weighted by molar-refractivity contribution is 0.407. The van der Waals surface area contributed by atoms with E-state index in [0.717, 1.165) is 5.69 Å². The molecule has 3 nitrogen and oxygen atoms in total. The van der Waals surface area contributed by atoms with Crippen molar-refractivity contribution in [2.24, 2.45) is 0 Å². The van der Waals surface area contributed by atoms with E-state index >= 15 is 0 Å². The van der Waals surface area contributed by atoms with E-state index in [1.54, 1.807) is 13.2 Å². The fourth-order valence-corrected chi connectivity index (χ4v) is 0.757. The van der Waals surface area contributed by atoms with Gasteiger partial charge in [0, 0.05) is 6.07 Å². The van der Waals surface area contributed by atoms with Crippen molar-refractivity contribution in [3.8, 4) is 5.75 Å². The molecule has 0 saturated heterocycles. The maximum absolute atomic E-state index is 5.54. The molecule has 0 N–H and O–H groups in total. The summed E-state index contributed by atoms with van der Waals surface area (Å²) in [6.07, 6.45) is 0. The second kappa shape index (κ2) is 2.84. The summed E-state index contributed by atoms with van der Waals surface area (Å²) >= 11 is 5.54. The van der Waals surface area contributed by atoms with Gasteiger partial charge in [0.2, 0.25) is 0 Å². The Bertz CT molecular complexity index is 239. The Hall–Kier alpha value is -0.830. The Morgan fingerprint density at radius 3 is 2.70 bits per heavy atom. The summed E-state index contributed by atoms with van der Waals surface area (Å²) in [6.45, 7) is 1.81. The Labute approximate surface area is 64.0 Å². The molecule has 1 rings (SSSR count). The molecular weight excluding hydrogens is 152 g/mol. The molecule has 0 saturated carbocycles. The first-order chi connectivity index (χ1) is 4.74. The third-order valence-corrected chi connectivity index (χ3v) is 1.31. The number of methoxy groups -OCH3 is 1. The molecule has 1 heterocycles. The first-order valence-corrected chi connectivity index (χ1v) is 3.15. The second-order valence-electron chi connectivity index (χ2n) is 1.82. The molecule has 54 valence electrons. The molecule has 1 aromatic rings.